The first-order chi connectivity index (χ1) is 9.72. The van der Waals surface area contributed by atoms with E-state index in [4.69, 9.17) is 5.73 Å². The number of carbonyl (C=O) groups is 1. The van der Waals surface area contributed by atoms with Crippen molar-refractivity contribution in [3.63, 3.8) is 0 Å². The van der Waals surface area contributed by atoms with Crippen molar-refractivity contribution in [1.29, 1.82) is 0 Å². The summed E-state index contributed by atoms with van der Waals surface area (Å²) in [5, 5.41) is 2.88. The van der Waals surface area contributed by atoms with Crippen molar-refractivity contribution in [2.75, 3.05) is 11.1 Å². The zero-order valence-electron chi connectivity index (χ0n) is 11.2. The molecule has 4 nitrogen and oxygen atoms in total. The molecular weight excluding hydrogens is 250 g/mol. The summed E-state index contributed by atoms with van der Waals surface area (Å²) < 4.78 is 0. The van der Waals surface area contributed by atoms with Crippen LogP contribution in [0.15, 0.2) is 36.5 Å². The van der Waals surface area contributed by atoms with Crippen molar-refractivity contribution in [2.45, 2.75) is 25.7 Å². The summed E-state index contributed by atoms with van der Waals surface area (Å²) in [6.07, 6.45) is 6.22. The minimum Gasteiger partial charge on any atom is -0.399 e. The quantitative estimate of drug-likeness (QED) is 0.822. The van der Waals surface area contributed by atoms with E-state index < -0.39 is 0 Å². The minimum atomic E-state index is -0.158. The van der Waals surface area contributed by atoms with Gasteiger partial charge in [-0.1, -0.05) is 6.07 Å². The first-order valence-corrected chi connectivity index (χ1v) is 6.87. The molecule has 4 heteroatoms. The van der Waals surface area contributed by atoms with Crippen LogP contribution in [-0.2, 0) is 12.8 Å². The highest BCUT2D eigenvalue weighted by atomic mass is 16.1. The third-order valence-corrected chi connectivity index (χ3v) is 3.58. The van der Waals surface area contributed by atoms with E-state index in [2.05, 4.69) is 10.3 Å². The monoisotopic (exact) mass is 267 g/mol. The average molecular weight is 267 g/mol. The molecule has 1 amide bonds. The molecule has 0 fully saturated rings. The maximum atomic E-state index is 12.1. The number of nitrogens with zero attached hydrogens (tertiary/aromatic N) is 1. The van der Waals surface area contributed by atoms with Crippen LogP contribution in [-0.4, -0.2) is 10.9 Å². The van der Waals surface area contributed by atoms with Gasteiger partial charge < -0.3 is 11.1 Å². The van der Waals surface area contributed by atoms with E-state index in [-0.39, 0.29) is 5.91 Å². The number of benzene rings is 1. The molecular formula is C16H17N3O. The Labute approximate surface area is 118 Å². The fourth-order valence-corrected chi connectivity index (χ4v) is 2.54. The number of anilines is 2. The second kappa shape index (κ2) is 5.33. The number of carbonyl (C=O) groups excluding carboxylic acids is 1. The third-order valence-electron chi connectivity index (χ3n) is 3.58. The van der Waals surface area contributed by atoms with Crippen molar-refractivity contribution in [2.24, 2.45) is 0 Å². The summed E-state index contributed by atoms with van der Waals surface area (Å²) in [7, 11) is 0. The van der Waals surface area contributed by atoms with Crippen LogP contribution < -0.4 is 11.1 Å². The fourth-order valence-electron chi connectivity index (χ4n) is 2.54. The number of amides is 1. The second-order valence-corrected chi connectivity index (χ2v) is 5.12. The molecule has 3 rings (SSSR count). The number of aromatic nitrogens is 1. The van der Waals surface area contributed by atoms with Gasteiger partial charge in [-0.05, 0) is 55.5 Å². The highest BCUT2D eigenvalue weighted by molar-refractivity contribution is 6.04. The first kappa shape index (κ1) is 12.7. The number of nitrogen functional groups attached to an aromatic ring is 1. The number of hydrogen-bond acceptors (Lipinski definition) is 3. The molecule has 0 radical (unpaired) electrons. The highest BCUT2D eigenvalue weighted by Gasteiger charge is 2.12. The lowest BCUT2D eigenvalue weighted by Crippen LogP contribution is -2.14. The number of fused-ring (bicyclic) bond motifs is 1. The topological polar surface area (TPSA) is 68.0 Å². The predicted molar refractivity (Wildman–Crippen MR) is 79.7 cm³/mol. The number of nitrogens with two attached hydrogens (primary N) is 1. The Morgan fingerprint density at radius 2 is 2.05 bits per heavy atom. The SMILES string of the molecule is Nc1cccc(C(=O)Nc2cnc3c(c2)CCCC3)c1. The molecule has 0 aliphatic heterocycles. The maximum absolute atomic E-state index is 12.1. The molecule has 1 aliphatic rings. The molecule has 1 aliphatic carbocycles. The molecule has 0 bridgehead atoms. The second-order valence-electron chi connectivity index (χ2n) is 5.12. The van der Waals surface area contributed by atoms with Gasteiger partial charge in [0.2, 0.25) is 0 Å². The molecule has 0 saturated heterocycles. The van der Waals surface area contributed by atoms with Crippen LogP contribution in [0.4, 0.5) is 11.4 Å². The minimum absolute atomic E-state index is 0.158. The van der Waals surface area contributed by atoms with Gasteiger partial charge in [-0.15, -0.1) is 0 Å². The van der Waals surface area contributed by atoms with Crippen molar-refractivity contribution < 1.29 is 4.79 Å². The molecule has 20 heavy (non-hydrogen) atoms. The van der Waals surface area contributed by atoms with Gasteiger partial charge in [-0.25, -0.2) is 0 Å². The number of aryl methyl sites for hydroxylation is 2. The maximum Gasteiger partial charge on any atom is 0.255 e. The summed E-state index contributed by atoms with van der Waals surface area (Å²) in [4.78, 5) is 16.6. The van der Waals surface area contributed by atoms with Gasteiger partial charge in [-0.2, -0.15) is 0 Å². The van der Waals surface area contributed by atoms with Gasteiger partial charge in [0, 0.05) is 16.9 Å². The Balaban J connectivity index is 1.79. The molecule has 0 unspecified atom stereocenters. The number of hydrogen-bond donors (Lipinski definition) is 2. The van der Waals surface area contributed by atoms with Crippen molar-refractivity contribution in [3.05, 3.63) is 53.3 Å². The van der Waals surface area contributed by atoms with Gasteiger partial charge in [0.25, 0.3) is 5.91 Å². The van der Waals surface area contributed by atoms with Crippen LogP contribution in [0, 0.1) is 0 Å². The molecule has 0 spiro atoms. The van der Waals surface area contributed by atoms with Crippen molar-refractivity contribution in [1.82, 2.24) is 4.98 Å². The lowest BCUT2D eigenvalue weighted by Gasteiger charge is -2.15. The van der Waals surface area contributed by atoms with Crippen LogP contribution in [0.2, 0.25) is 0 Å². The molecule has 1 aromatic heterocycles. The molecule has 2 aromatic rings. The number of rotatable bonds is 2. The van der Waals surface area contributed by atoms with Crippen LogP contribution in [0.3, 0.4) is 0 Å². The summed E-state index contributed by atoms with van der Waals surface area (Å²) in [5.41, 5.74) is 10.00. The van der Waals surface area contributed by atoms with E-state index in [1.165, 1.54) is 24.1 Å². The molecule has 1 aromatic carbocycles. The molecule has 3 N–H and O–H groups in total. The van der Waals surface area contributed by atoms with Gasteiger partial charge in [0.15, 0.2) is 0 Å². The lowest BCUT2D eigenvalue weighted by molar-refractivity contribution is 0.102. The number of pyridine rings is 1. The smallest absolute Gasteiger partial charge is 0.255 e. The van der Waals surface area contributed by atoms with E-state index >= 15 is 0 Å². The molecule has 1 heterocycles. The Hall–Kier alpha value is -2.36. The third kappa shape index (κ3) is 2.64. The standard InChI is InChI=1S/C16H17N3O/c17-13-6-3-5-12(8-13)16(20)19-14-9-11-4-1-2-7-15(11)18-10-14/h3,5-6,8-10H,1-2,4,7,17H2,(H,19,20). The lowest BCUT2D eigenvalue weighted by atomic mass is 9.96. The van der Waals surface area contributed by atoms with E-state index in [1.54, 1.807) is 30.5 Å². The Kier molecular flexibility index (Phi) is 3.37. The summed E-state index contributed by atoms with van der Waals surface area (Å²) >= 11 is 0. The van der Waals surface area contributed by atoms with E-state index in [1.807, 2.05) is 6.07 Å². The number of nitrogens with one attached hydrogen (secondary N) is 1. The zero-order valence-corrected chi connectivity index (χ0v) is 11.2. The van der Waals surface area contributed by atoms with Gasteiger partial charge in [0.05, 0.1) is 11.9 Å². The van der Waals surface area contributed by atoms with Crippen LogP contribution in [0.5, 0.6) is 0 Å². The fraction of sp³-hybridized carbons (Fsp3) is 0.250. The van der Waals surface area contributed by atoms with Crippen LogP contribution in [0.25, 0.3) is 0 Å². The van der Waals surface area contributed by atoms with Gasteiger partial charge >= 0.3 is 0 Å². The highest BCUT2D eigenvalue weighted by Crippen LogP contribution is 2.22. The van der Waals surface area contributed by atoms with E-state index in [0.717, 1.165) is 18.5 Å². The zero-order chi connectivity index (χ0) is 13.9. The van der Waals surface area contributed by atoms with Crippen molar-refractivity contribution >= 4 is 17.3 Å². The Morgan fingerprint density at radius 1 is 1.20 bits per heavy atom. The van der Waals surface area contributed by atoms with Crippen molar-refractivity contribution in [3.8, 4) is 0 Å². The van der Waals surface area contributed by atoms with E-state index in [9.17, 15) is 4.79 Å². The average Bonchev–Trinajstić information content (AvgIpc) is 2.47. The molecule has 0 saturated carbocycles. The van der Waals surface area contributed by atoms with Crippen LogP contribution in [0.1, 0.15) is 34.5 Å². The normalized spacial score (nSPS) is 13.6. The van der Waals surface area contributed by atoms with Gasteiger partial charge in [-0.3, -0.25) is 9.78 Å². The Bertz CT molecular complexity index is 652. The molecule has 0 atom stereocenters. The summed E-state index contributed by atoms with van der Waals surface area (Å²) in [5.74, 6) is -0.158. The largest absolute Gasteiger partial charge is 0.399 e. The Morgan fingerprint density at radius 3 is 2.90 bits per heavy atom. The van der Waals surface area contributed by atoms with E-state index in [0.29, 0.717) is 11.3 Å². The van der Waals surface area contributed by atoms with Crippen LogP contribution >= 0.6 is 0 Å². The first-order valence-electron chi connectivity index (χ1n) is 6.87. The summed E-state index contributed by atoms with van der Waals surface area (Å²) in [6, 6.07) is 8.98. The predicted octanol–water partition coefficient (Wildman–Crippen LogP) is 2.79. The van der Waals surface area contributed by atoms with Gasteiger partial charge in [0.1, 0.15) is 0 Å². The summed E-state index contributed by atoms with van der Waals surface area (Å²) in [6.45, 7) is 0. The molecule has 102 valence electrons.